The summed E-state index contributed by atoms with van der Waals surface area (Å²) in [7, 11) is 0. The van der Waals surface area contributed by atoms with Crippen LogP contribution in [-0.4, -0.2) is 28.6 Å². The largest absolute Gasteiger partial charge is 0.370 e. The highest BCUT2D eigenvalue weighted by Crippen LogP contribution is 2.33. The van der Waals surface area contributed by atoms with Crippen LogP contribution in [0.5, 0.6) is 0 Å². The molecule has 0 amide bonds. The summed E-state index contributed by atoms with van der Waals surface area (Å²) in [5, 5.41) is 3.18. The minimum absolute atomic E-state index is 0.157. The van der Waals surface area contributed by atoms with E-state index in [-0.39, 0.29) is 5.54 Å². The van der Waals surface area contributed by atoms with E-state index in [9.17, 15) is 0 Å². The lowest BCUT2D eigenvalue weighted by Gasteiger charge is -2.32. The first-order chi connectivity index (χ1) is 8.03. The fourth-order valence-corrected chi connectivity index (χ4v) is 2.39. The average Bonchev–Trinajstić information content (AvgIpc) is 2.57. The van der Waals surface area contributed by atoms with Crippen LogP contribution < -0.4 is 16.0 Å². The van der Waals surface area contributed by atoms with Crippen LogP contribution in [0.25, 0.3) is 0 Å². The molecule has 0 radical (unpaired) electrons. The second-order valence-corrected chi connectivity index (χ2v) is 5.07. The molecule has 5 nitrogen and oxygen atoms in total. The quantitative estimate of drug-likeness (QED) is 0.837. The summed E-state index contributed by atoms with van der Waals surface area (Å²) in [6.07, 6.45) is 2.39. The fourth-order valence-electron chi connectivity index (χ4n) is 2.39. The minimum Gasteiger partial charge on any atom is -0.370 e. The maximum atomic E-state index is 5.76. The molecule has 0 atom stereocenters. The highest BCUT2D eigenvalue weighted by Gasteiger charge is 2.33. The lowest BCUT2D eigenvalue weighted by atomic mass is 10.0. The zero-order valence-corrected chi connectivity index (χ0v) is 10.8. The molecule has 5 heteroatoms. The molecule has 1 aliphatic heterocycles. The summed E-state index contributed by atoms with van der Waals surface area (Å²) in [5.41, 5.74) is 5.91. The van der Waals surface area contributed by atoms with Gasteiger partial charge in [-0.15, -0.1) is 0 Å². The molecular formula is C12H21N5. The van der Waals surface area contributed by atoms with Gasteiger partial charge in [0.15, 0.2) is 0 Å². The summed E-state index contributed by atoms with van der Waals surface area (Å²) >= 11 is 0. The third-order valence-corrected chi connectivity index (χ3v) is 3.27. The van der Waals surface area contributed by atoms with E-state index >= 15 is 0 Å². The number of rotatable bonds is 3. The molecule has 2 rings (SSSR count). The molecule has 0 saturated carbocycles. The van der Waals surface area contributed by atoms with Gasteiger partial charge in [-0.25, -0.2) is 0 Å². The van der Waals surface area contributed by atoms with Gasteiger partial charge in [0.05, 0.1) is 0 Å². The third kappa shape index (κ3) is 2.43. The molecule has 3 N–H and O–H groups in total. The Labute approximate surface area is 102 Å². The van der Waals surface area contributed by atoms with E-state index in [2.05, 4.69) is 34.0 Å². The molecule has 1 aromatic rings. The second kappa shape index (κ2) is 4.39. The van der Waals surface area contributed by atoms with E-state index in [4.69, 9.17) is 5.73 Å². The van der Waals surface area contributed by atoms with Crippen LogP contribution in [0.1, 0.15) is 33.6 Å². The van der Waals surface area contributed by atoms with E-state index in [1.54, 1.807) is 0 Å². The van der Waals surface area contributed by atoms with E-state index in [0.29, 0.717) is 5.95 Å². The van der Waals surface area contributed by atoms with Crippen molar-refractivity contribution in [3.8, 4) is 0 Å². The Kier molecular flexibility index (Phi) is 3.09. The number of anilines is 3. The number of nitrogens with one attached hydrogen (secondary N) is 1. The van der Waals surface area contributed by atoms with Crippen molar-refractivity contribution in [3.63, 3.8) is 0 Å². The molecule has 0 bridgehead atoms. The van der Waals surface area contributed by atoms with Crippen molar-refractivity contribution < 1.29 is 0 Å². The Bertz CT molecular complexity index is 402. The van der Waals surface area contributed by atoms with Gasteiger partial charge in [-0.3, -0.25) is 0 Å². The van der Waals surface area contributed by atoms with Crippen molar-refractivity contribution in [1.29, 1.82) is 0 Å². The number of nitrogens with zero attached hydrogens (tertiary/aromatic N) is 3. The van der Waals surface area contributed by atoms with Gasteiger partial charge < -0.3 is 16.0 Å². The van der Waals surface area contributed by atoms with Crippen LogP contribution in [-0.2, 0) is 0 Å². The van der Waals surface area contributed by atoms with Crippen LogP contribution in [0, 0.1) is 0 Å². The number of hydrogen-bond acceptors (Lipinski definition) is 5. The SMILES string of the molecule is CCNc1cc(N2CCCC2(C)C)nc(N)n1. The summed E-state index contributed by atoms with van der Waals surface area (Å²) < 4.78 is 0. The molecule has 0 aliphatic carbocycles. The summed E-state index contributed by atoms with van der Waals surface area (Å²) in [5.74, 6) is 2.06. The van der Waals surface area contributed by atoms with E-state index in [1.807, 2.05) is 13.0 Å². The summed E-state index contributed by atoms with van der Waals surface area (Å²) in [6.45, 7) is 8.39. The predicted molar refractivity (Wildman–Crippen MR) is 71.3 cm³/mol. The Morgan fingerprint density at radius 1 is 1.47 bits per heavy atom. The zero-order chi connectivity index (χ0) is 12.5. The van der Waals surface area contributed by atoms with Gasteiger partial charge in [0, 0.05) is 24.7 Å². The molecule has 0 unspecified atom stereocenters. The van der Waals surface area contributed by atoms with E-state index < -0.39 is 0 Å². The average molecular weight is 235 g/mol. The Morgan fingerprint density at radius 2 is 2.24 bits per heavy atom. The highest BCUT2D eigenvalue weighted by atomic mass is 15.3. The van der Waals surface area contributed by atoms with Crippen molar-refractivity contribution >= 4 is 17.6 Å². The first-order valence-electron chi connectivity index (χ1n) is 6.19. The van der Waals surface area contributed by atoms with Crippen LogP contribution in [0.2, 0.25) is 0 Å². The van der Waals surface area contributed by atoms with Crippen LogP contribution >= 0.6 is 0 Å². The molecule has 1 fully saturated rings. The van der Waals surface area contributed by atoms with Crippen LogP contribution in [0.3, 0.4) is 0 Å². The predicted octanol–water partition coefficient (Wildman–Crippen LogP) is 1.87. The van der Waals surface area contributed by atoms with Gasteiger partial charge in [0.25, 0.3) is 0 Å². The van der Waals surface area contributed by atoms with Gasteiger partial charge in [0.1, 0.15) is 11.6 Å². The number of aromatic nitrogens is 2. The zero-order valence-electron chi connectivity index (χ0n) is 10.8. The fraction of sp³-hybridized carbons (Fsp3) is 0.667. The van der Waals surface area contributed by atoms with Crippen LogP contribution in [0.15, 0.2) is 6.07 Å². The van der Waals surface area contributed by atoms with Gasteiger partial charge >= 0.3 is 0 Å². The first-order valence-corrected chi connectivity index (χ1v) is 6.19. The number of nitrogen functional groups attached to an aromatic ring is 1. The smallest absolute Gasteiger partial charge is 0.223 e. The lowest BCUT2D eigenvalue weighted by molar-refractivity contribution is 0.514. The molecule has 1 aromatic heterocycles. The molecule has 17 heavy (non-hydrogen) atoms. The van der Waals surface area contributed by atoms with Gasteiger partial charge in [0.2, 0.25) is 5.95 Å². The van der Waals surface area contributed by atoms with Gasteiger partial charge in [-0.2, -0.15) is 9.97 Å². The molecule has 0 aromatic carbocycles. The molecule has 1 saturated heterocycles. The van der Waals surface area contributed by atoms with E-state index in [1.165, 1.54) is 12.8 Å². The number of hydrogen-bond donors (Lipinski definition) is 2. The summed E-state index contributed by atoms with van der Waals surface area (Å²) in [4.78, 5) is 10.8. The standard InChI is InChI=1S/C12H21N5/c1-4-14-9-8-10(16-11(13)15-9)17-7-5-6-12(17,2)3/h8H,4-7H2,1-3H3,(H3,13,14,15,16). The molecule has 94 valence electrons. The van der Waals surface area contributed by atoms with Crippen LogP contribution in [0.4, 0.5) is 17.6 Å². The van der Waals surface area contributed by atoms with E-state index in [0.717, 1.165) is 24.7 Å². The van der Waals surface area contributed by atoms with Crippen molar-refractivity contribution in [2.24, 2.45) is 0 Å². The maximum Gasteiger partial charge on any atom is 0.223 e. The van der Waals surface area contributed by atoms with Gasteiger partial charge in [-0.1, -0.05) is 0 Å². The maximum absolute atomic E-state index is 5.76. The first kappa shape index (κ1) is 12.0. The topological polar surface area (TPSA) is 67.1 Å². The minimum atomic E-state index is 0.157. The normalized spacial score (nSPS) is 18.4. The van der Waals surface area contributed by atoms with Crippen molar-refractivity contribution in [2.75, 3.05) is 29.0 Å². The Morgan fingerprint density at radius 3 is 2.82 bits per heavy atom. The third-order valence-electron chi connectivity index (χ3n) is 3.27. The molecule has 2 heterocycles. The molecule has 1 aliphatic rings. The monoisotopic (exact) mass is 235 g/mol. The molecule has 0 spiro atoms. The number of nitrogens with two attached hydrogens (primary N) is 1. The van der Waals surface area contributed by atoms with Crippen molar-refractivity contribution in [2.45, 2.75) is 39.2 Å². The second-order valence-electron chi connectivity index (χ2n) is 5.07. The highest BCUT2D eigenvalue weighted by molar-refractivity contribution is 5.54. The Balaban J connectivity index is 2.31. The van der Waals surface area contributed by atoms with Crippen molar-refractivity contribution in [3.05, 3.63) is 6.07 Å². The Hall–Kier alpha value is -1.52. The lowest BCUT2D eigenvalue weighted by Crippen LogP contribution is -2.38. The molecular weight excluding hydrogens is 214 g/mol. The summed E-state index contributed by atoms with van der Waals surface area (Å²) in [6, 6.07) is 1.98. The van der Waals surface area contributed by atoms with Crippen molar-refractivity contribution in [1.82, 2.24) is 9.97 Å². The van der Waals surface area contributed by atoms with Gasteiger partial charge in [-0.05, 0) is 33.6 Å².